The number of nitrogens with two attached hydrogens (primary N) is 4. The van der Waals surface area contributed by atoms with Crippen LogP contribution in [0.1, 0.15) is 146 Å². The Bertz CT molecular complexity index is 4230. The number of hydrogen-bond acceptors (Lipinski definition) is 39. The summed E-state index contributed by atoms with van der Waals surface area (Å²) in [6.45, 7) is 6.98. The van der Waals surface area contributed by atoms with E-state index < -0.39 is 378 Å². The maximum absolute atomic E-state index is 14.0. The van der Waals surface area contributed by atoms with E-state index in [1.807, 2.05) is 0 Å². The van der Waals surface area contributed by atoms with Crippen LogP contribution in [-0.2, 0) is 134 Å². The molecule has 4 saturated heterocycles. The molecule has 0 spiro atoms. The van der Waals surface area contributed by atoms with Crippen molar-refractivity contribution >= 4 is 118 Å². The summed E-state index contributed by atoms with van der Waals surface area (Å²) in [7, 11) is 0. The lowest BCUT2D eigenvalue weighted by Gasteiger charge is -2.48. The van der Waals surface area contributed by atoms with E-state index in [1.54, 1.807) is 0 Å². The first-order valence-electron chi connectivity index (χ1n) is 44.3. The van der Waals surface area contributed by atoms with E-state index in [0.717, 1.165) is 69.2 Å². The van der Waals surface area contributed by atoms with Crippen LogP contribution in [0.4, 0.5) is 0 Å². The molecule has 0 saturated carbocycles. The van der Waals surface area contributed by atoms with Crippen molar-refractivity contribution in [2.24, 2.45) is 22.9 Å². The molecule has 0 bridgehead atoms. The molecule has 4 aliphatic rings. The Labute approximate surface area is 794 Å². The second-order valence-corrected chi connectivity index (χ2v) is 33.5. The molecule has 4 aliphatic heterocycles. The highest BCUT2D eigenvalue weighted by molar-refractivity contribution is 5.97. The van der Waals surface area contributed by atoms with Gasteiger partial charge in [-0.05, 0) is 92.9 Å². The number of aliphatic hydroxyl groups excluding tert-OH is 10. The SMILES string of the molecule is CC(=O)NC1C(OC2C(CO)OC(O)C(NC(C)=O)C2OC(C)C(=O)NC(C)C(=O)NC(CCC(=O)NC(CCCCNC(=O)CC(NC(=O)C(C)NC(=O)C(CCCCNC(=O)CC(N)C(=O)O)NC(=O)CCC(NC(=O)C(C)NC(=O)C(C)OC2C(NC(C)=O)C(O)OC(CO)C2OC2OC(CO)C(O)C(O)C2NC(C)=O)C(N)=O)C(N)=O)C(=O)NC(C)C(=O)O)C(N)=O)OC(CO)C(O)C1O. The molecule has 4 fully saturated rings. The van der Waals surface area contributed by atoms with Crippen molar-refractivity contribution in [1.82, 2.24) is 79.8 Å². The third kappa shape index (κ3) is 38.3. The van der Waals surface area contributed by atoms with E-state index in [0.29, 0.717) is 0 Å². The molecule has 788 valence electrons. The lowest BCUT2D eigenvalue weighted by molar-refractivity contribution is -0.333. The van der Waals surface area contributed by atoms with Crippen LogP contribution >= 0.6 is 0 Å². The Kier molecular flexibility index (Phi) is 50.1. The summed E-state index contributed by atoms with van der Waals surface area (Å²) < 4.78 is 46.6. The van der Waals surface area contributed by atoms with E-state index in [-0.39, 0.29) is 51.6 Å². The summed E-state index contributed by atoms with van der Waals surface area (Å²) >= 11 is 0. The van der Waals surface area contributed by atoms with E-state index in [2.05, 4.69) is 79.8 Å². The Balaban J connectivity index is 1.38. The van der Waals surface area contributed by atoms with Crippen LogP contribution in [0.5, 0.6) is 0 Å². The minimum absolute atomic E-state index is 0.00523. The van der Waals surface area contributed by atoms with Crippen molar-refractivity contribution in [2.45, 2.75) is 341 Å². The van der Waals surface area contributed by atoms with Gasteiger partial charge in [0, 0.05) is 53.6 Å². The van der Waals surface area contributed by atoms with E-state index in [9.17, 15) is 152 Å². The summed E-state index contributed by atoms with van der Waals surface area (Å²) in [4.78, 5) is 260. The molecule has 4 heterocycles. The van der Waals surface area contributed by atoms with Crippen LogP contribution in [0, 0.1) is 0 Å². The van der Waals surface area contributed by atoms with Gasteiger partial charge in [0.1, 0.15) is 170 Å². The number of ether oxygens (including phenoxy) is 8. The summed E-state index contributed by atoms with van der Waals surface area (Å²) in [5, 5.41) is 160. The molecule has 18 amide bonds. The van der Waals surface area contributed by atoms with Crippen molar-refractivity contribution in [3.63, 3.8) is 0 Å². The van der Waals surface area contributed by atoms with Crippen molar-refractivity contribution in [2.75, 3.05) is 39.5 Å². The Morgan fingerprint density at radius 2 is 0.647 bits per heavy atom. The van der Waals surface area contributed by atoms with E-state index >= 15 is 0 Å². The van der Waals surface area contributed by atoms with Gasteiger partial charge in [-0.2, -0.15) is 0 Å². The van der Waals surface area contributed by atoms with Gasteiger partial charge in [-0.3, -0.25) is 95.9 Å². The van der Waals surface area contributed by atoms with Gasteiger partial charge in [0.15, 0.2) is 25.2 Å². The first kappa shape index (κ1) is 120. The van der Waals surface area contributed by atoms with Gasteiger partial charge in [0.25, 0.3) is 0 Å². The highest BCUT2D eigenvalue weighted by atomic mass is 16.7. The fourth-order valence-electron chi connectivity index (χ4n) is 14.5. The lowest BCUT2D eigenvalue weighted by atomic mass is 9.94. The van der Waals surface area contributed by atoms with Crippen molar-refractivity contribution in [3.05, 3.63) is 0 Å². The zero-order valence-corrected chi connectivity index (χ0v) is 77.8. The number of carbonyl (C=O) groups excluding carboxylic acids is 18. The van der Waals surface area contributed by atoms with Gasteiger partial charge < -0.3 is 202 Å². The second kappa shape index (κ2) is 58.0. The van der Waals surface area contributed by atoms with Crippen molar-refractivity contribution < 1.29 is 195 Å². The standard InChI is InChI=1S/C80H133N19O40/c1-29(87-71(122)33(5)132-63-55(93-37(9)106)77(130)134-47(27-102)61(63)138-79-53(91-35(7)104)59(114)57(112)45(25-100)136-79)68(119)97-40(65(82)116)17-19-49(108)95-42(15-11-13-21-85-51(110)23-39(81)76(128)129)73(124)89-31(3)70(121)99-44(67(84)118)24-52(111)86-22-14-12-16-43(74(125)90-32(4)75(126)127)96-50(109)20-18-41(66(83)117)98-69(120)30(2)88-72(123)34(6)133-64-56(94-38(10)107)78(131)135-48(28-103)62(64)139-80-54(92-36(8)105)60(115)58(113)46(26-101)137-80/h29-34,39-48,53-64,77-80,100-103,112-115,130-131H,11-28,81H2,1-10H3,(H2,82,116)(H2,83,117)(H2,84,118)(H,85,110)(H,86,111)(H,87,122)(H,88,123)(H,89,124)(H,90,125)(H,91,104)(H,92,105)(H,93,106)(H,94,107)(H,95,108)(H,96,109)(H,97,119)(H,98,120)(H,99,121)(H,126,127)(H,128,129). The minimum atomic E-state index is -1.98. The molecule has 32 unspecified atom stereocenters. The third-order valence-electron chi connectivity index (χ3n) is 22.2. The van der Waals surface area contributed by atoms with Gasteiger partial charge in [-0.25, -0.2) is 0 Å². The van der Waals surface area contributed by atoms with Crippen molar-refractivity contribution in [3.8, 4) is 0 Å². The van der Waals surface area contributed by atoms with Crippen LogP contribution in [0.25, 0.3) is 0 Å². The highest BCUT2D eigenvalue weighted by Crippen LogP contribution is 2.34. The zero-order chi connectivity index (χ0) is 105. The summed E-state index contributed by atoms with van der Waals surface area (Å²) in [5.74, 6) is -20.8. The summed E-state index contributed by atoms with van der Waals surface area (Å²) in [6.07, 6.45) is -35.5. The molecule has 4 rings (SSSR count). The maximum atomic E-state index is 14.0. The fourth-order valence-corrected chi connectivity index (χ4v) is 14.5. The lowest BCUT2D eigenvalue weighted by Crippen LogP contribution is -2.70. The largest absolute Gasteiger partial charge is 0.480 e. The van der Waals surface area contributed by atoms with Gasteiger partial charge in [-0.15, -0.1) is 0 Å². The number of carboxylic acids is 2. The van der Waals surface area contributed by atoms with Crippen LogP contribution in [0.15, 0.2) is 0 Å². The molecule has 59 nitrogen and oxygen atoms in total. The van der Waals surface area contributed by atoms with E-state index in [4.69, 9.17) is 65.9 Å². The van der Waals surface area contributed by atoms with Gasteiger partial charge in [-0.1, -0.05) is 0 Å². The Hall–Kier alpha value is -11.4. The Morgan fingerprint density at radius 3 is 0.964 bits per heavy atom. The third-order valence-corrected chi connectivity index (χ3v) is 22.2. The van der Waals surface area contributed by atoms with Crippen LogP contribution in [0.3, 0.4) is 0 Å². The number of primary amides is 3. The van der Waals surface area contributed by atoms with Gasteiger partial charge in [0.2, 0.25) is 106 Å². The average molecular weight is 2000 g/mol. The van der Waals surface area contributed by atoms with Gasteiger partial charge in [0.05, 0.1) is 39.3 Å². The highest BCUT2D eigenvalue weighted by Gasteiger charge is 2.56. The second-order valence-electron chi connectivity index (χ2n) is 33.5. The molecule has 35 N–H and O–H groups in total. The monoisotopic (exact) mass is 2000 g/mol. The van der Waals surface area contributed by atoms with Crippen LogP contribution in [-0.4, -0.2) is 414 Å². The molecule has 0 aliphatic carbocycles. The van der Waals surface area contributed by atoms with Gasteiger partial charge >= 0.3 is 11.9 Å². The van der Waals surface area contributed by atoms with Crippen molar-refractivity contribution in [1.29, 1.82) is 0 Å². The number of carbonyl (C=O) groups is 20. The molecule has 0 aromatic heterocycles. The first-order chi connectivity index (χ1) is 65.1. The number of hydrogen-bond donors (Lipinski definition) is 31. The topological polar surface area (TPSA) is 943 Å². The number of nitrogens with one attached hydrogen (secondary N) is 15. The normalized spacial score (nSPS) is 27.1. The number of unbranched alkanes of at least 4 members (excludes halogenated alkanes) is 2. The molecule has 0 aromatic carbocycles. The molecular weight excluding hydrogens is 1870 g/mol. The molecule has 0 radical (unpaired) electrons. The number of carboxylic acid groups (broad SMARTS) is 2. The first-order valence-corrected chi connectivity index (χ1v) is 44.3. The summed E-state index contributed by atoms with van der Waals surface area (Å²) in [5.41, 5.74) is 22.3. The molecular formula is C80H133N19O40. The predicted molar refractivity (Wildman–Crippen MR) is 463 cm³/mol. The summed E-state index contributed by atoms with van der Waals surface area (Å²) in [6, 6.07) is -22.4. The molecule has 139 heavy (non-hydrogen) atoms. The molecule has 32 atom stereocenters. The molecule has 0 aromatic rings. The predicted octanol–water partition coefficient (Wildman–Crippen LogP) is -17.1. The maximum Gasteiger partial charge on any atom is 0.325 e. The van der Waals surface area contributed by atoms with Crippen LogP contribution in [0.2, 0.25) is 0 Å². The number of aliphatic carboxylic acids is 2. The number of rotatable bonds is 57. The quantitative estimate of drug-likeness (QED) is 0.0251. The minimum Gasteiger partial charge on any atom is -0.480 e. The average Bonchev–Trinajstić information content (AvgIpc) is 0.775. The van der Waals surface area contributed by atoms with Crippen LogP contribution < -0.4 is 103 Å². The number of amides is 18. The van der Waals surface area contributed by atoms with E-state index in [1.165, 1.54) is 0 Å². The number of aliphatic hydroxyl groups is 10. The Morgan fingerprint density at radius 1 is 0.331 bits per heavy atom. The molecule has 59 heteroatoms. The zero-order valence-electron chi connectivity index (χ0n) is 77.8. The smallest absolute Gasteiger partial charge is 0.325 e. The fraction of sp³-hybridized carbons (Fsp3) is 0.750.